The van der Waals surface area contributed by atoms with Crippen molar-refractivity contribution in [3.05, 3.63) is 12.2 Å². The summed E-state index contributed by atoms with van der Waals surface area (Å²) in [6.07, 6.45) is -0.798. The first-order chi connectivity index (χ1) is 5.61. The van der Waals surface area contributed by atoms with Crippen LogP contribution in [0.5, 0.6) is 0 Å². The Morgan fingerprint density at radius 3 is 2.92 bits per heavy atom. The third-order valence-electron chi connectivity index (χ3n) is 1.57. The number of aliphatic hydroxyl groups is 1. The fraction of sp³-hybridized carbons (Fsp3) is 0.625. The predicted molar refractivity (Wildman–Crippen MR) is 41.5 cm³/mol. The Labute approximate surface area is 70.8 Å². The average molecular weight is 172 g/mol. The second kappa shape index (κ2) is 3.69. The van der Waals surface area contributed by atoms with Crippen LogP contribution >= 0.6 is 0 Å². The molecule has 1 rings (SSSR count). The molecule has 1 saturated heterocycles. The molecule has 12 heavy (non-hydrogen) atoms. The molecule has 2 unspecified atom stereocenters. The fourth-order valence-electron chi connectivity index (χ4n) is 0.596. The van der Waals surface area contributed by atoms with Crippen LogP contribution in [0.25, 0.3) is 0 Å². The van der Waals surface area contributed by atoms with Gasteiger partial charge >= 0.3 is 5.97 Å². The molecule has 2 atom stereocenters. The number of hydrogen-bond donors (Lipinski definition) is 1. The number of esters is 1. The maximum absolute atomic E-state index is 11.0. The Balaban J connectivity index is 2.21. The monoisotopic (exact) mass is 172 g/mol. The highest BCUT2D eigenvalue weighted by Gasteiger charge is 2.25. The molecule has 4 nitrogen and oxygen atoms in total. The van der Waals surface area contributed by atoms with E-state index in [0.29, 0.717) is 6.61 Å². The minimum Gasteiger partial charge on any atom is -0.459 e. The molecule has 0 aromatic rings. The van der Waals surface area contributed by atoms with Crippen LogP contribution in [0.15, 0.2) is 12.2 Å². The lowest BCUT2D eigenvalue weighted by atomic mass is 10.2. The smallest absolute Gasteiger partial charge is 0.336 e. The van der Waals surface area contributed by atoms with Gasteiger partial charge in [0.15, 0.2) is 0 Å². The van der Waals surface area contributed by atoms with Gasteiger partial charge in [0, 0.05) is 0 Å². The Morgan fingerprint density at radius 1 is 1.92 bits per heavy atom. The molecule has 1 fully saturated rings. The average Bonchev–Trinajstić information content (AvgIpc) is 2.81. The third-order valence-corrected chi connectivity index (χ3v) is 1.57. The Bertz CT molecular complexity index is 193. The van der Waals surface area contributed by atoms with Crippen molar-refractivity contribution in [2.75, 3.05) is 13.2 Å². The standard InChI is InChI=1S/C8H12O4/c1-5(6(2)9)8(10)12-4-7-3-11-7/h6-7,9H,1,3-4H2,2H3. The van der Waals surface area contributed by atoms with Gasteiger partial charge in [-0.2, -0.15) is 0 Å². The lowest BCUT2D eigenvalue weighted by Gasteiger charge is -2.07. The van der Waals surface area contributed by atoms with Gasteiger partial charge in [-0.25, -0.2) is 4.79 Å². The van der Waals surface area contributed by atoms with Crippen LogP contribution < -0.4 is 0 Å². The molecule has 1 N–H and O–H groups in total. The van der Waals surface area contributed by atoms with Crippen LogP contribution in [0.4, 0.5) is 0 Å². The molecule has 0 saturated carbocycles. The van der Waals surface area contributed by atoms with E-state index in [1.807, 2.05) is 0 Å². The first kappa shape index (κ1) is 9.22. The molecule has 4 heteroatoms. The highest BCUT2D eigenvalue weighted by Crippen LogP contribution is 2.10. The second-order valence-electron chi connectivity index (χ2n) is 2.76. The number of carbonyl (C=O) groups excluding carboxylic acids is 1. The van der Waals surface area contributed by atoms with E-state index in [0.717, 1.165) is 0 Å². The first-order valence-electron chi connectivity index (χ1n) is 3.77. The van der Waals surface area contributed by atoms with Crippen molar-refractivity contribution in [2.24, 2.45) is 0 Å². The van der Waals surface area contributed by atoms with Crippen LogP contribution in [-0.2, 0) is 14.3 Å². The highest BCUT2D eigenvalue weighted by molar-refractivity contribution is 5.88. The quantitative estimate of drug-likeness (QED) is 0.364. The zero-order valence-electron chi connectivity index (χ0n) is 6.95. The fourth-order valence-corrected chi connectivity index (χ4v) is 0.596. The van der Waals surface area contributed by atoms with Crippen LogP contribution in [0, 0.1) is 0 Å². The summed E-state index contributed by atoms with van der Waals surface area (Å²) in [4.78, 5) is 11.0. The molecule has 1 heterocycles. The first-order valence-corrected chi connectivity index (χ1v) is 3.77. The van der Waals surface area contributed by atoms with Crippen molar-refractivity contribution in [3.8, 4) is 0 Å². The molecule has 0 radical (unpaired) electrons. The molecular formula is C8H12O4. The molecule has 68 valence electrons. The Hall–Kier alpha value is -0.870. The summed E-state index contributed by atoms with van der Waals surface area (Å²) in [5.41, 5.74) is 0.0793. The van der Waals surface area contributed by atoms with Crippen molar-refractivity contribution < 1.29 is 19.4 Å². The molecule has 0 aromatic heterocycles. The van der Waals surface area contributed by atoms with Gasteiger partial charge in [-0.15, -0.1) is 0 Å². The summed E-state index contributed by atoms with van der Waals surface area (Å²) in [5, 5.41) is 8.94. The van der Waals surface area contributed by atoms with E-state index in [-0.39, 0.29) is 18.3 Å². The summed E-state index contributed by atoms with van der Waals surface area (Å²) < 4.78 is 9.60. The van der Waals surface area contributed by atoms with Crippen LogP contribution in [0.2, 0.25) is 0 Å². The van der Waals surface area contributed by atoms with Crippen LogP contribution in [-0.4, -0.2) is 36.5 Å². The predicted octanol–water partition coefficient (Wildman–Crippen LogP) is -0.135. The minimum atomic E-state index is -0.849. The van der Waals surface area contributed by atoms with Crippen LogP contribution in [0.1, 0.15) is 6.92 Å². The van der Waals surface area contributed by atoms with Gasteiger partial charge < -0.3 is 14.6 Å². The zero-order valence-corrected chi connectivity index (χ0v) is 6.95. The topological polar surface area (TPSA) is 59.1 Å². The van der Waals surface area contributed by atoms with Gasteiger partial charge in [0.1, 0.15) is 12.7 Å². The Morgan fingerprint density at radius 2 is 2.50 bits per heavy atom. The number of epoxide rings is 1. The van der Waals surface area contributed by atoms with Gasteiger partial charge in [0.25, 0.3) is 0 Å². The lowest BCUT2D eigenvalue weighted by molar-refractivity contribution is -0.140. The SMILES string of the molecule is C=C(C(=O)OCC1CO1)C(C)O. The molecular weight excluding hydrogens is 160 g/mol. The van der Waals surface area contributed by atoms with E-state index in [1.54, 1.807) is 0 Å². The van der Waals surface area contributed by atoms with E-state index in [9.17, 15) is 4.79 Å². The molecule has 0 bridgehead atoms. The third kappa shape index (κ3) is 2.64. The molecule has 1 aliphatic heterocycles. The van der Waals surface area contributed by atoms with Crippen molar-refractivity contribution in [2.45, 2.75) is 19.1 Å². The van der Waals surface area contributed by atoms with E-state index >= 15 is 0 Å². The van der Waals surface area contributed by atoms with Gasteiger partial charge in [0.05, 0.1) is 18.3 Å². The van der Waals surface area contributed by atoms with Crippen molar-refractivity contribution in [1.82, 2.24) is 0 Å². The van der Waals surface area contributed by atoms with Gasteiger partial charge in [-0.1, -0.05) is 6.58 Å². The summed E-state index contributed by atoms with van der Waals surface area (Å²) in [5.74, 6) is -0.555. The van der Waals surface area contributed by atoms with E-state index < -0.39 is 12.1 Å². The number of rotatable bonds is 4. The maximum Gasteiger partial charge on any atom is 0.336 e. The summed E-state index contributed by atoms with van der Waals surface area (Å²) >= 11 is 0. The van der Waals surface area contributed by atoms with Gasteiger partial charge in [-0.05, 0) is 6.92 Å². The normalized spacial score (nSPS) is 23.0. The maximum atomic E-state index is 11.0. The second-order valence-corrected chi connectivity index (χ2v) is 2.76. The highest BCUT2D eigenvalue weighted by atomic mass is 16.6. The summed E-state index contributed by atoms with van der Waals surface area (Å²) in [6, 6.07) is 0. The number of ether oxygens (including phenoxy) is 2. The largest absolute Gasteiger partial charge is 0.459 e. The van der Waals surface area contributed by atoms with Crippen molar-refractivity contribution >= 4 is 5.97 Å². The van der Waals surface area contributed by atoms with Crippen molar-refractivity contribution in [3.63, 3.8) is 0 Å². The van der Waals surface area contributed by atoms with Crippen molar-refractivity contribution in [1.29, 1.82) is 0 Å². The number of carbonyl (C=O) groups is 1. The molecule has 1 aliphatic rings. The zero-order chi connectivity index (χ0) is 9.14. The molecule has 0 aliphatic carbocycles. The minimum absolute atomic E-state index is 0.0516. The van der Waals surface area contributed by atoms with Gasteiger partial charge in [0.2, 0.25) is 0 Å². The summed E-state index contributed by atoms with van der Waals surface area (Å²) in [6.45, 7) is 5.76. The van der Waals surface area contributed by atoms with Gasteiger partial charge in [-0.3, -0.25) is 0 Å². The molecule has 0 spiro atoms. The van der Waals surface area contributed by atoms with E-state index in [1.165, 1.54) is 6.92 Å². The van der Waals surface area contributed by atoms with E-state index in [4.69, 9.17) is 14.6 Å². The number of hydrogen-bond acceptors (Lipinski definition) is 4. The summed E-state index contributed by atoms with van der Waals surface area (Å²) in [7, 11) is 0. The van der Waals surface area contributed by atoms with Crippen LogP contribution in [0.3, 0.4) is 0 Å². The lowest BCUT2D eigenvalue weighted by Crippen LogP contribution is -2.18. The Kier molecular flexibility index (Phi) is 2.83. The van der Waals surface area contributed by atoms with E-state index in [2.05, 4.69) is 6.58 Å². The molecule has 0 amide bonds. The number of aliphatic hydroxyl groups excluding tert-OH is 1. The molecule has 0 aromatic carbocycles.